The van der Waals surface area contributed by atoms with Crippen molar-refractivity contribution in [2.45, 2.75) is 64.9 Å². The van der Waals surface area contributed by atoms with Gasteiger partial charge in [-0.3, -0.25) is 20.4 Å². The number of rotatable bonds is 7. The Hall–Kier alpha value is -2.86. The molecular weight excluding hydrogens is 468 g/mol. The Morgan fingerprint density at radius 2 is 1.71 bits per heavy atom. The Balaban J connectivity index is 2.29. The molecule has 2 aromatic rings. The maximum atomic E-state index is 13.2. The Kier molecular flexibility index (Phi) is 8.89. The van der Waals surface area contributed by atoms with Crippen molar-refractivity contribution in [2.24, 2.45) is 0 Å². The van der Waals surface area contributed by atoms with Crippen molar-refractivity contribution in [1.82, 2.24) is 10.9 Å². The second-order valence-corrected chi connectivity index (χ2v) is 14.8. The number of nitrogens with zero attached hydrogens (tertiary/aromatic N) is 1. The van der Waals surface area contributed by atoms with Crippen molar-refractivity contribution in [2.75, 3.05) is 5.32 Å². The lowest BCUT2D eigenvalue weighted by molar-refractivity contribution is -0.124. The highest BCUT2D eigenvalue weighted by atomic mass is 35.5. The quantitative estimate of drug-likeness (QED) is 0.253. The van der Waals surface area contributed by atoms with Crippen LogP contribution in [0.1, 0.15) is 43.6 Å². The third-order valence-electron chi connectivity index (χ3n) is 6.17. The third kappa shape index (κ3) is 6.60. The highest BCUT2D eigenvalue weighted by molar-refractivity contribution is 6.74. The Morgan fingerprint density at radius 3 is 2.26 bits per heavy atom. The minimum atomic E-state index is -2.20. The van der Waals surface area contributed by atoms with Gasteiger partial charge in [-0.15, -0.1) is 0 Å². The van der Waals surface area contributed by atoms with Crippen molar-refractivity contribution >= 4 is 43.1 Å². The molecule has 0 heterocycles. The number of benzene rings is 2. The van der Waals surface area contributed by atoms with Gasteiger partial charge in [0.05, 0.1) is 17.7 Å². The summed E-state index contributed by atoms with van der Waals surface area (Å²) in [4.78, 5) is 29.1. The van der Waals surface area contributed by atoms with E-state index in [-0.39, 0.29) is 5.04 Å². The molecule has 0 aliphatic carbocycles. The van der Waals surface area contributed by atoms with Crippen LogP contribution in [0, 0.1) is 13.5 Å². The van der Waals surface area contributed by atoms with E-state index in [1.165, 1.54) is 0 Å². The molecular formula is C25H33ClN4O3Si. The van der Waals surface area contributed by atoms with E-state index in [1.807, 2.05) is 13.0 Å². The molecule has 2 amide bonds. The zero-order chi connectivity index (χ0) is 25.7. The van der Waals surface area contributed by atoms with Crippen molar-refractivity contribution in [3.05, 3.63) is 70.0 Å². The number of hydrogen-bond donors (Lipinski definition) is 3. The third-order valence-corrected chi connectivity index (χ3v) is 11.2. The molecule has 0 aliphatic rings. The van der Waals surface area contributed by atoms with E-state index in [1.54, 1.807) is 43.3 Å². The maximum absolute atomic E-state index is 13.2. The molecule has 3 N–H and O–H groups in total. The van der Waals surface area contributed by atoms with Crippen LogP contribution in [0.5, 0.6) is 0 Å². The SMILES string of the molecule is [C-]#[N+]c1ccc(N[C@@H](C(=O)NNC(=O)c2ccccc2)[C@@H](C)O[Si](C)(C)C(C)(C)C)c(C)c1Cl. The summed E-state index contributed by atoms with van der Waals surface area (Å²) in [6.07, 6.45) is -0.520. The van der Waals surface area contributed by atoms with E-state index in [0.29, 0.717) is 27.5 Å². The Bertz CT molecular complexity index is 1080. The highest BCUT2D eigenvalue weighted by Crippen LogP contribution is 2.38. The van der Waals surface area contributed by atoms with Gasteiger partial charge in [0.1, 0.15) is 6.04 Å². The van der Waals surface area contributed by atoms with Gasteiger partial charge in [0.25, 0.3) is 11.8 Å². The van der Waals surface area contributed by atoms with Gasteiger partial charge in [0.2, 0.25) is 5.69 Å². The van der Waals surface area contributed by atoms with Crippen molar-refractivity contribution < 1.29 is 14.0 Å². The van der Waals surface area contributed by atoms with Gasteiger partial charge in [-0.1, -0.05) is 56.6 Å². The number of anilines is 1. The van der Waals surface area contributed by atoms with Crippen LogP contribution in [0.4, 0.5) is 11.4 Å². The molecule has 0 saturated carbocycles. The van der Waals surface area contributed by atoms with E-state index in [2.05, 4.69) is 54.9 Å². The molecule has 0 bridgehead atoms. The van der Waals surface area contributed by atoms with E-state index in [9.17, 15) is 9.59 Å². The summed E-state index contributed by atoms with van der Waals surface area (Å²) in [5, 5.41) is 3.50. The molecule has 7 nitrogen and oxygen atoms in total. The molecule has 0 aromatic heterocycles. The van der Waals surface area contributed by atoms with Crippen molar-refractivity contribution in [3.8, 4) is 0 Å². The van der Waals surface area contributed by atoms with Gasteiger partial charge < -0.3 is 9.74 Å². The minimum Gasteiger partial charge on any atom is -0.412 e. The van der Waals surface area contributed by atoms with Crippen molar-refractivity contribution in [3.63, 3.8) is 0 Å². The maximum Gasteiger partial charge on any atom is 0.269 e. The molecule has 0 unspecified atom stereocenters. The fourth-order valence-electron chi connectivity index (χ4n) is 3.04. The first-order chi connectivity index (χ1) is 15.8. The molecule has 0 spiro atoms. The minimum absolute atomic E-state index is 0.0552. The smallest absolute Gasteiger partial charge is 0.269 e. The zero-order valence-electron chi connectivity index (χ0n) is 20.7. The van der Waals surface area contributed by atoms with Crippen LogP contribution in [0.2, 0.25) is 23.2 Å². The van der Waals surface area contributed by atoms with Crippen LogP contribution in [-0.4, -0.2) is 32.3 Å². The lowest BCUT2D eigenvalue weighted by atomic mass is 10.1. The number of halogens is 1. The monoisotopic (exact) mass is 500 g/mol. The molecule has 0 saturated heterocycles. The summed E-state index contributed by atoms with van der Waals surface area (Å²) in [6, 6.07) is 11.1. The predicted molar refractivity (Wildman–Crippen MR) is 140 cm³/mol. The number of carbonyl (C=O) groups excluding carboxylic acids is 2. The van der Waals surface area contributed by atoms with Gasteiger partial charge in [-0.2, -0.15) is 0 Å². The molecule has 0 radical (unpaired) electrons. The fraction of sp³-hybridized carbons (Fsp3) is 0.400. The largest absolute Gasteiger partial charge is 0.412 e. The molecule has 0 aliphatic heterocycles. The second-order valence-electron chi connectivity index (χ2n) is 9.70. The highest BCUT2D eigenvalue weighted by Gasteiger charge is 2.41. The lowest BCUT2D eigenvalue weighted by Gasteiger charge is -2.40. The van der Waals surface area contributed by atoms with Crippen LogP contribution < -0.4 is 16.2 Å². The predicted octanol–water partition coefficient (Wildman–Crippen LogP) is 5.85. The molecule has 182 valence electrons. The number of hydrogen-bond acceptors (Lipinski definition) is 4. The molecule has 34 heavy (non-hydrogen) atoms. The summed E-state index contributed by atoms with van der Waals surface area (Å²) in [5.41, 5.74) is 7.01. The standard InChI is InChI=1S/C25H33ClN4O3Si/c1-16-19(14-15-20(27-6)21(16)26)28-22(17(2)33-34(7,8)25(3,4)5)24(32)30-29-23(31)18-12-10-9-11-13-18/h9-15,17,22,28H,1-5,7-8H3,(H,29,31)(H,30,32)/t17-,22-/m1/s1. The molecule has 9 heteroatoms. The van der Waals surface area contributed by atoms with Gasteiger partial charge in [-0.25, -0.2) is 4.85 Å². The van der Waals surface area contributed by atoms with Gasteiger partial charge in [0, 0.05) is 11.3 Å². The van der Waals surface area contributed by atoms with E-state index >= 15 is 0 Å². The average molecular weight is 501 g/mol. The first kappa shape index (κ1) is 27.4. The number of amides is 2. The second kappa shape index (κ2) is 11.0. The van der Waals surface area contributed by atoms with Gasteiger partial charge in [-0.05, 0) is 55.7 Å². The average Bonchev–Trinajstić information content (AvgIpc) is 2.77. The number of nitrogens with one attached hydrogen (secondary N) is 3. The Labute approximate surface area is 208 Å². The number of hydrazine groups is 1. The molecule has 2 aromatic carbocycles. The van der Waals surface area contributed by atoms with E-state index in [4.69, 9.17) is 22.6 Å². The number of carbonyl (C=O) groups is 2. The van der Waals surface area contributed by atoms with Crippen LogP contribution in [0.3, 0.4) is 0 Å². The first-order valence-corrected chi connectivity index (χ1v) is 14.3. The topological polar surface area (TPSA) is 83.8 Å². The fourth-order valence-corrected chi connectivity index (χ4v) is 4.67. The van der Waals surface area contributed by atoms with E-state index < -0.39 is 32.3 Å². The van der Waals surface area contributed by atoms with Crippen molar-refractivity contribution in [1.29, 1.82) is 0 Å². The van der Waals surface area contributed by atoms with Crippen LogP contribution >= 0.6 is 11.6 Å². The summed E-state index contributed by atoms with van der Waals surface area (Å²) < 4.78 is 6.49. The summed E-state index contributed by atoms with van der Waals surface area (Å²) >= 11 is 6.34. The van der Waals surface area contributed by atoms with Crippen LogP contribution in [0.15, 0.2) is 42.5 Å². The van der Waals surface area contributed by atoms with E-state index in [0.717, 1.165) is 0 Å². The van der Waals surface area contributed by atoms with Crippen LogP contribution in [0.25, 0.3) is 4.85 Å². The summed E-state index contributed by atoms with van der Waals surface area (Å²) in [5.74, 6) is -0.883. The van der Waals surface area contributed by atoms with Gasteiger partial charge in [0.15, 0.2) is 8.32 Å². The Morgan fingerprint density at radius 1 is 1.09 bits per heavy atom. The zero-order valence-corrected chi connectivity index (χ0v) is 22.5. The first-order valence-electron chi connectivity index (χ1n) is 11.0. The van der Waals surface area contributed by atoms with Gasteiger partial charge >= 0.3 is 0 Å². The normalized spacial score (nSPS) is 13.4. The lowest BCUT2D eigenvalue weighted by Crippen LogP contribution is -2.55. The van der Waals surface area contributed by atoms with Crippen LogP contribution in [-0.2, 0) is 9.22 Å². The summed E-state index contributed by atoms with van der Waals surface area (Å²) in [6.45, 7) is 21.5. The molecule has 0 fully saturated rings. The summed E-state index contributed by atoms with van der Waals surface area (Å²) in [7, 11) is -2.20. The molecule has 2 rings (SSSR count). The molecule has 2 atom stereocenters.